The lowest BCUT2D eigenvalue weighted by Gasteiger charge is -2.11. The second-order valence-corrected chi connectivity index (χ2v) is 5.47. The summed E-state index contributed by atoms with van der Waals surface area (Å²) in [5.74, 6) is 0. The molecule has 2 aromatic rings. The fourth-order valence-corrected chi connectivity index (χ4v) is 2.33. The predicted octanol–water partition coefficient (Wildman–Crippen LogP) is 3.53. The molecule has 1 heterocycles. The molecule has 0 bridgehead atoms. The van der Waals surface area contributed by atoms with E-state index in [-0.39, 0.29) is 0 Å². The number of hydrogen-bond acceptors (Lipinski definition) is 3. The van der Waals surface area contributed by atoms with Gasteiger partial charge in [0.15, 0.2) is 0 Å². The lowest BCUT2D eigenvalue weighted by atomic mass is 10.00. The van der Waals surface area contributed by atoms with Crippen LogP contribution < -0.4 is 5.32 Å². The van der Waals surface area contributed by atoms with Gasteiger partial charge in [0.25, 0.3) is 0 Å². The molecule has 0 unspecified atom stereocenters. The smallest absolute Gasteiger partial charge is 0.101 e. The van der Waals surface area contributed by atoms with Crippen molar-refractivity contribution in [2.24, 2.45) is 0 Å². The normalized spacial score (nSPS) is 14.0. The molecule has 0 amide bonds. The number of halogens is 1. The zero-order valence-electron chi connectivity index (χ0n) is 10.9. The van der Waals surface area contributed by atoms with E-state index in [0.717, 1.165) is 17.7 Å². The van der Waals surface area contributed by atoms with Gasteiger partial charge in [-0.3, -0.25) is 4.98 Å². The molecule has 0 saturated heterocycles. The molecule has 1 N–H and O–H groups in total. The van der Waals surface area contributed by atoms with Gasteiger partial charge < -0.3 is 5.32 Å². The first-order valence-electron chi connectivity index (χ1n) is 6.63. The van der Waals surface area contributed by atoms with Gasteiger partial charge in [0.05, 0.1) is 5.56 Å². The first kappa shape index (κ1) is 13.1. The zero-order chi connectivity index (χ0) is 13.9. The van der Waals surface area contributed by atoms with Crippen molar-refractivity contribution in [3.63, 3.8) is 0 Å². The van der Waals surface area contributed by atoms with Gasteiger partial charge in [-0.1, -0.05) is 17.7 Å². The lowest BCUT2D eigenvalue weighted by Crippen LogP contribution is -2.15. The number of nitrogens with one attached hydrogen (secondary N) is 1. The maximum absolute atomic E-state index is 8.99. The van der Waals surface area contributed by atoms with Crippen molar-refractivity contribution in [3.8, 4) is 17.2 Å². The summed E-state index contributed by atoms with van der Waals surface area (Å²) in [4.78, 5) is 4.12. The third-order valence-corrected chi connectivity index (χ3v) is 3.64. The molecule has 0 aliphatic heterocycles. The zero-order valence-corrected chi connectivity index (χ0v) is 11.7. The van der Waals surface area contributed by atoms with Crippen LogP contribution in [0.3, 0.4) is 0 Å². The number of rotatable bonds is 4. The van der Waals surface area contributed by atoms with Gasteiger partial charge in [0.1, 0.15) is 6.07 Å². The summed E-state index contributed by atoms with van der Waals surface area (Å²) in [7, 11) is 0. The van der Waals surface area contributed by atoms with E-state index in [1.165, 1.54) is 18.4 Å². The van der Waals surface area contributed by atoms with Crippen LogP contribution >= 0.6 is 11.6 Å². The minimum Gasteiger partial charge on any atom is -0.310 e. The van der Waals surface area contributed by atoms with Crippen LogP contribution in [0.5, 0.6) is 0 Å². The van der Waals surface area contributed by atoms with Crippen LogP contribution in [0.4, 0.5) is 0 Å². The number of aromatic nitrogens is 1. The SMILES string of the molecule is N#Cc1cncc(-c2cc(Cl)ccc2CNC2CC2)c1. The van der Waals surface area contributed by atoms with Crippen LogP contribution in [0.25, 0.3) is 11.1 Å². The van der Waals surface area contributed by atoms with E-state index in [1.807, 2.05) is 24.3 Å². The molecule has 1 fully saturated rings. The molecule has 100 valence electrons. The monoisotopic (exact) mass is 283 g/mol. The Hall–Kier alpha value is -1.89. The average Bonchev–Trinajstić information content (AvgIpc) is 3.30. The van der Waals surface area contributed by atoms with Crippen molar-refractivity contribution in [2.75, 3.05) is 0 Å². The van der Waals surface area contributed by atoms with Gasteiger partial charge in [-0.05, 0) is 42.2 Å². The molecule has 1 aromatic heterocycles. The Morgan fingerprint density at radius 2 is 2.15 bits per heavy atom. The molecule has 0 atom stereocenters. The van der Waals surface area contributed by atoms with E-state index < -0.39 is 0 Å². The molecule has 1 aromatic carbocycles. The summed E-state index contributed by atoms with van der Waals surface area (Å²) in [6, 6.07) is 10.5. The van der Waals surface area contributed by atoms with Crippen LogP contribution in [-0.4, -0.2) is 11.0 Å². The Bertz CT molecular complexity index is 672. The van der Waals surface area contributed by atoms with E-state index in [4.69, 9.17) is 16.9 Å². The summed E-state index contributed by atoms with van der Waals surface area (Å²) in [5, 5.41) is 13.2. The summed E-state index contributed by atoms with van der Waals surface area (Å²) in [5.41, 5.74) is 3.70. The summed E-state index contributed by atoms with van der Waals surface area (Å²) >= 11 is 6.11. The number of benzene rings is 1. The highest BCUT2D eigenvalue weighted by Crippen LogP contribution is 2.28. The van der Waals surface area contributed by atoms with Gasteiger partial charge in [-0.2, -0.15) is 5.26 Å². The quantitative estimate of drug-likeness (QED) is 0.934. The Balaban J connectivity index is 1.96. The number of nitrogens with zero attached hydrogens (tertiary/aromatic N) is 2. The average molecular weight is 284 g/mol. The van der Waals surface area contributed by atoms with Crippen molar-refractivity contribution in [3.05, 3.63) is 52.8 Å². The minimum atomic E-state index is 0.559. The molecular weight excluding hydrogens is 270 g/mol. The standard InChI is InChI=1S/C16H14ClN3/c17-14-2-1-12(10-20-15-3-4-15)16(6-14)13-5-11(7-18)8-19-9-13/h1-2,5-6,8-9,15,20H,3-4,10H2. The molecule has 3 rings (SSSR count). The molecule has 1 aliphatic rings. The van der Waals surface area contributed by atoms with Gasteiger partial charge >= 0.3 is 0 Å². The molecule has 20 heavy (non-hydrogen) atoms. The second-order valence-electron chi connectivity index (χ2n) is 5.03. The van der Waals surface area contributed by atoms with E-state index >= 15 is 0 Å². The van der Waals surface area contributed by atoms with Gasteiger partial charge in [0, 0.05) is 35.6 Å². The summed E-state index contributed by atoms with van der Waals surface area (Å²) in [6.07, 6.45) is 5.85. The first-order valence-corrected chi connectivity index (χ1v) is 7.01. The number of nitriles is 1. The lowest BCUT2D eigenvalue weighted by molar-refractivity contribution is 0.689. The highest BCUT2D eigenvalue weighted by atomic mass is 35.5. The maximum Gasteiger partial charge on any atom is 0.101 e. The predicted molar refractivity (Wildman–Crippen MR) is 79.3 cm³/mol. The van der Waals surface area contributed by atoms with Gasteiger partial charge in [0.2, 0.25) is 0 Å². The highest BCUT2D eigenvalue weighted by molar-refractivity contribution is 6.30. The second kappa shape index (κ2) is 5.62. The summed E-state index contributed by atoms with van der Waals surface area (Å²) < 4.78 is 0. The van der Waals surface area contributed by atoms with E-state index in [2.05, 4.69) is 16.4 Å². The third kappa shape index (κ3) is 2.98. The topological polar surface area (TPSA) is 48.7 Å². The Kier molecular flexibility index (Phi) is 3.68. The van der Waals surface area contributed by atoms with Crippen molar-refractivity contribution >= 4 is 11.6 Å². The van der Waals surface area contributed by atoms with Crippen molar-refractivity contribution in [1.29, 1.82) is 5.26 Å². The largest absolute Gasteiger partial charge is 0.310 e. The molecule has 3 nitrogen and oxygen atoms in total. The molecule has 0 spiro atoms. The highest BCUT2D eigenvalue weighted by Gasteiger charge is 2.20. The van der Waals surface area contributed by atoms with Gasteiger partial charge in [-0.15, -0.1) is 0 Å². The Morgan fingerprint density at radius 3 is 2.90 bits per heavy atom. The van der Waals surface area contributed by atoms with Crippen molar-refractivity contribution < 1.29 is 0 Å². The van der Waals surface area contributed by atoms with E-state index in [1.54, 1.807) is 12.4 Å². The van der Waals surface area contributed by atoms with Gasteiger partial charge in [-0.25, -0.2) is 0 Å². The maximum atomic E-state index is 8.99. The van der Waals surface area contributed by atoms with Crippen LogP contribution in [0, 0.1) is 11.3 Å². The molecule has 1 aliphatic carbocycles. The third-order valence-electron chi connectivity index (χ3n) is 3.41. The molecule has 4 heteroatoms. The fourth-order valence-electron chi connectivity index (χ4n) is 2.16. The minimum absolute atomic E-state index is 0.559. The first-order chi connectivity index (χ1) is 9.76. The molecule has 0 radical (unpaired) electrons. The Morgan fingerprint density at radius 1 is 1.30 bits per heavy atom. The van der Waals surface area contributed by atoms with Crippen molar-refractivity contribution in [1.82, 2.24) is 10.3 Å². The van der Waals surface area contributed by atoms with Crippen LogP contribution in [0.2, 0.25) is 5.02 Å². The molecule has 1 saturated carbocycles. The summed E-state index contributed by atoms with van der Waals surface area (Å²) in [6.45, 7) is 0.813. The van der Waals surface area contributed by atoms with E-state index in [0.29, 0.717) is 16.6 Å². The number of hydrogen-bond donors (Lipinski definition) is 1. The van der Waals surface area contributed by atoms with E-state index in [9.17, 15) is 0 Å². The number of pyridine rings is 1. The Labute approximate surface area is 123 Å². The van der Waals surface area contributed by atoms with Crippen LogP contribution in [-0.2, 0) is 6.54 Å². The fraction of sp³-hybridized carbons (Fsp3) is 0.250. The van der Waals surface area contributed by atoms with Crippen molar-refractivity contribution in [2.45, 2.75) is 25.4 Å². The van der Waals surface area contributed by atoms with Crippen LogP contribution in [0.15, 0.2) is 36.7 Å². The van der Waals surface area contributed by atoms with Crippen LogP contribution in [0.1, 0.15) is 24.0 Å². The molecular formula is C16H14ClN3.